The maximum absolute atomic E-state index is 12.7. The number of rotatable bonds is 1. The second kappa shape index (κ2) is 5.58. The van der Waals surface area contributed by atoms with Crippen LogP contribution in [0.5, 0.6) is 0 Å². The smallest absolute Gasteiger partial charge is 0.259 e. The van der Waals surface area contributed by atoms with E-state index in [-0.39, 0.29) is 18.2 Å². The van der Waals surface area contributed by atoms with E-state index in [0.717, 1.165) is 0 Å². The third kappa shape index (κ3) is 2.62. The first kappa shape index (κ1) is 13.6. The summed E-state index contributed by atoms with van der Waals surface area (Å²) in [4.78, 5) is 26.1. The van der Waals surface area contributed by atoms with Gasteiger partial charge in [0.05, 0.1) is 22.0 Å². The van der Waals surface area contributed by atoms with Crippen molar-refractivity contribution in [1.29, 1.82) is 0 Å². The molecule has 0 spiro atoms. The highest BCUT2D eigenvalue weighted by molar-refractivity contribution is 6.34. The number of amides is 2. The van der Waals surface area contributed by atoms with Gasteiger partial charge in [-0.3, -0.25) is 9.59 Å². The number of anilines is 2. The lowest BCUT2D eigenvalue weighted by molar-refractivity contribution is -0.115. The van der Waals surface area contributed by atoms with E-state index in [4.69, 9.17) is 11.6 Å². The third-order valence-corrected chi connectivity index (χ3v) is 3.71. The van der Waals surface area contributed by atoms with Crippen LogP contribution >= 0.6 is 11.6 Å². The number of benzene rings is 2. The zero-order chi connectivity index (χ0) is 14.8. The van der Waals surface area contributed by atoms with Gasteiger partial charge in [-0.2, -0.15) is 0 Å². The number of para-hydroxylation sites is 2. The van der Waals surface area contributed by atoms with Gasteiger partial charge < -0.3 is 10.2 Å². The van der Waals surface area contributed by atoms with Crippen molar-refractivity contribution in [3.8, 4) is 0 Å². The van der Waals surface area contributed by atoms with Crippen molar-refractivity contribution in [1.82, 2.24) is 0 Å². The van der Waals surface area contributed by atoms with Crippen molar-refractivity contribution in [2.24, 2.45) is 0 Å². The molecule has 2 aromatic rings. The zero-order valence-corrected chi connectivity index (χ0v) is 11.9. The second-order valence-electron chi connectivity index (χ2n) is 4.75. The molecule has 1 N–H and O–H groups in total. The van der Waals surface area contributed by atoms with Crippen LogP contribution in [0.1, 0.15) is 16.8 Å². The number of hydrogen-bond acceptors (Lipinski definition) is 2. The summed E-state index contributed by atoms with van der Waals surface area (Å²) >= 11 is 6.10. The van der Waals surface area contributed by atoms with E-state index in [1.165, 1.54) is 0 Å². The fourth-order valence-electron chi connectivity index (χ4n) is 2.35. The molecule has 106 valence electrons. The fraction of sp³-hybridized carbons (Fsp3) is 0.125. The summed E-state index contributed by atoms with van der Waals surface area (Å²) in [6.45, 7) is 0.326. The lowest BCUT2D eigenvalue weighted by Gasteiger charge is -2.22. The molecule has 3 rings (SSSR count). The number of carbonyl (C=O) groups excluding carboxylic acids is 2. The second-order valence-corrected chi connectivity index (χ2v) is 5.16. The minimum absolute atomic E-state index is 0.100. The van der Waals surface area contributed by atoms with Crippen LogP contribution in [0.25, 0.3) is 0 Å². The maximum atomic E-state index is 12.7. The van der Waals surface area contributed by atoms with Gasteiger partial charge in [0.2, 0.25) is 5.91 Å². The molecule has 4 nitrogen and oxygen atoms in total. The molecule has 0 saturated carbocycles. The number of nitrogens with zero attached hydrogens (tertiary/aromatic N) is 1. The molecular weight excluding hydrogens is 288 g/mol. The number of carbonyl (C=O) groups is 2. The molecule has 0 bridgehead atoms. The number of nitrogens with one attached hydrogen (secondary N) is 1. The van der Waals surface area contributed by atoms with Crippen molar-refractivity contribution in [3.63, 3.8) is 0 Å². The van der Waals surface area contributed by atoms with Crippen molar-refractivity contribution in [2.75, 3.05) is 16.8 Å². The van der Waals surface area contributed by atoms with Crippen LogP contribution in [0.4, 0.5) is 11.4 Å². The third-order valence-electron chi connectivity index (χ3n) is 3.38. The lowest BCUT2D eigenvalue weighted by Crippen LogP contribution is -2.32. The Hall–Kier alpha value is -2.33. The molecule has 1 aliphatic heterocycles. The van der Waals surface area contributed by atoms with E-state index in [2.05, 4.69) is 5.32 Å². The Morgan fingerprint density at radius 2 is 1.81 bits per heavy atom. The molecule has 0 atom stereocenters. The normalized spacial score (nSPS) is 14.1. The Morgan fingerprint density at radius 3 is 2.62 bits per heavy atom. The topological polar surface area (TPSA) is 49.4 Å². The molecule has 0 aromatic heterocycles. The monoisotopic (exact) mass is 300 g/mol. The number of fused-ring (bicyclic) bond motifs is 1. The molecule has 2 aromatic carbocycles. The first-order valence-electron chi connectivity index (χ1n) is 6.62. The Labute approximate surface area is 127 Å². The number of halogens is 1. The summed E-state index contributed by atoms with van der Waals surface area (Å²) in [6, 6.07) is 14.2. The van der Waals surface area contributed by atoms with Gasteiger partial charge in [-0.15, -0.1) is 0 Å². The summed E-state index contributed by atoms with van der Waals surface area (Å²) < 4.78 is 0. The Bertz CT molecular complexity index is 715. The van der Waals surface area contributed by atoms with Crippen LogP contribution in [0.3, 0.4) is 0 Å². The molecular formula is C16H13ClN2O2. The van der Waals surface area contributed by atoms with Crippen molar-refractivity contribution < 1.29 is 9.59 Å². The molecule has 0 unspecified atom stereocenters. The summed E-state index contributed by atoms with van der Waals surface area (Å²) in [6.07, 6.45) is 0.255. The average molecular weight is 301 g/mol. The standard InChI is InChI=1S/C16H13ClN2O2/c17-12-6-2-1-5-11(12)16(21)19-10-9-15(20)18-13-7-3-4-8-14(13)19/h1-8H,9-10H2,(H,18,20). The van der Waals surface area contributed by atoms with Crippen LogP contribution in [0, 0.1) is 0 Å². The van der Waals surface area contributed by atoms with Crippen LogP contribution < -0.4 is 10.2 Å². The van der Waals surface area contributed by atoms with Gasteiger partial charge in [-0.25, -0.2) is 0 Å². The molecule has 1 heterocycles. The van der Waals surface area contributed by atoms with Crippen molar-refractivity contribution >= 4 is 34.8 Å². The molecule has 1 aliphatic rings. The molecule has 0 radical (unpaired) electrons. The molecule has 0 saturated heterocycles. The van der Waals surface area contributed by atoms with Crippen LogP contribution in [0.2, 0.25) is 5.02 Å². The lowest BCUT2D eigenvalue weighted by atomic mass is 10.1. The minimum atomic E-state index is -0.204. The zero-order valence-electron chi connectivity index (χ0n) is 11.2. The molecule has 5 heteroatoms. The van der Waals surface area contributed by atoms with Gasteiger partial charge in [0.15, 0.2) is 0 Å². The van der Waals surface area contributed by atoms with E-state index in [9.17, 15) is 9.59 Å². The molecule has 21 heavy (non-hydrogen) atoms. The summed E-state index contributed by atoms with van der Waals surface area (Å²) in [5, 5.41) is 3.21. The highest BCUT2D eigenvalue weighted by Crippen LogP contribution is 2.30. The van der Waals surface area contributed by atoms with Gasteiger partial charge >= 0.3 is 0 Å². The Balaban J connectivity index is 2.04. The van der Waals surface area contributed by atoms with Crippen LogP contribution in [0.15, 0.2) is 48.5 Å². The quantitative estimate of drug-likeness (QED) is 0.878. The van der Waals surface area contributed by atoms with Crippen molar-refractivity contribution in [2.45, 2.75) is 6.42 Å². The van der Waals surface area contributed by atoms with Crippen molar-refractivity contribution in [3.05, 3.63) is 59.1 Å². The van der Waals surface area contributed by atoms with Crippen LogP contribution in [-0.2, 0) is 4.79 Å². The largest absolute Gasteiger partial charge is 0.324 e. The molecule has 0 aliphatic carbocycles. The Kier molecular flexibility index (Phi) is 3.62. The van der Waals surface area contributed by atoms with Gasteiger partial charge in [0, 0.05) is 13.0 Å². The highest BCUT2D eigenvalue weighted by Gasteiger charge is 2.25. The Morgan fingerprint density at radius 1 is 1.10 bits per heavy atom. The van der Waals surface area contributed by atoms with E-state index in [1.54, 1.807) is 35.2 Å². The summed E-state index contributed by atoms with van der Waals surface area (Å²) in [5.74, 6) is -0.304. The van der Waals surface area contributed by atoms with Gasteiger partial charge in [0.1, 0.15) is 0 Å². The first-order chi connectivity index (χ1) is 10.2. The predicted octanol–water partition coefficient (Wildman–Crippen LogP) is 3.33. The van der Waals surface area contributed by atoms with E-state index < -0.39 is 0 Å². The van der Waals surface area contributed by atoms with Gasteiger partial charge in [-0.1, -0.05) is 35.9 Å². The fourth-order valence-corrected chi connectivity index (χ4v) is 2.57. The predicted molar refractivity (Wildman–Crippen MR) is 82.8 cm³/mol. The summed E-state index contributed by atoms with van der Waals surface area (Å²) in [5.41, 5.74) is 1.76. The van der Waals surface area contributed by atoms with E-state index in [0.29, 0.717) is 28.5 Å². The summed E-state index contributed by atoms with van der Waals surface area (Å²) in [7, 11) is 0. The first-order valence-corrected chi connectivity index (χ1v) is 7.00. The average Bonchev–Trinajstić information content (AvgIpc) is 2.65. The molecule has 2 amide bonds. The van der Waals surface area contributed by atoms with Gasteiger partial charge in [0.25, 0.3) is 5.91 Å². The highest BCUT2D eigenvalue weighted by atomic mass is 35.5. The molecule has 0 fully saturated rings. The van der Waals surface area contributed by atoms with E-state index >= 15 is 0 Å². The van der Waals surface area contributed by atoms with Crippen LogP contribution in [-0.4, -0.2) is 18.4 Å². The van der Waals surface area contributed by atoms with Gasteiger partial charge in [-0.05, 0) is 24.3 Å². The van der Waals surface area contributed by atoms with E-state index in [1.807, 2.05) is 18.2 Å². The number of hydrogen-bond donors (Lipinski definition) is 1. The minimum Gasteiger partial charge on any atom is -0.324 e. The SMILES string of the molecule is O=C1CCN(C(=O)c2ccccc2Cl)c2ccccc2N1. The maximum Gasteiger partial charge on any atom is 0.259 e.